The van der Waals surface area contributed by atoms with E-state index in [1.807, 2.05) is 36.4 Å². The van der Waals surface area contributed by atoms with Crippen LogP contribution in [0, 0.1) is 0 Å². The third-order valence-electron chi connectivity index (χ3n) is 3.04. The number of aliphatic imine (C=N–C) groups is 1. The number of carbonyl (C=O) groups is 1. The summed E-state index contributed by atoms with van der Waals surface area (Å²) in [5.41, 5.74) is 3.56. The number of nitrogens with zero attached hydrogens (tertiary/aromatic N) is 1. The van der Waals surface area contributed by atoms with E-state index in [1.165, 1.54) is 13.2 Å². The van der Waals surface area contributed by atoms with Crippen LogP contribution in [0.2, 0.25) is 0 Å². The van der Waals surface area contributed by atoms with Crippen molar-refractivity contribution in [2.75, 3.05) is 7.11 Å². The lowest BCUT2D eigenvalue weighted by Gasteiger charge is -2.06. The molecule has 0 aromatic heterocycles. The molecule has 0 atom stereocenters. The first-order valence-electron chi connectivity index (χ1n) is 6.21. The maximum absolute atomic E-state index is 11.4. The molecule has 0 heterocycles. The Morgan fingerprint density at radius 2 is 1.57 bits per heavy atom. The van der Waals surface area contributed by atoms with Crippen molar-refractivity contribution in [3.05, 3.63) is 60.7 Å². The molecule has 0 spiro atoms. The molecule has 0 aliphatic carbocycles. The van der Waals surface area contributed by atoms with Crippen LogP contribution >= 0.6 is 0 Å². The van der Waals surface area contributed by atoms with Gasteiger partial charge in [-0.3, -0.25) is 0 Å². The van der Waals surface area contributed by atoms with Gasteiger partial charge in [0.1, 0.15) is 0 Å². The molecule has 4 heteroatoms. The lowest BCUT2D eigenvalue weighted by Crippen LogP contribution is -2.02. The maximum Gasteiger partial charge on any atom is 0.337 e. The van der Waals surface area contributed by atoms with Crippen LogP contribution < -0.4 is 0 Å². The smallest absolute Gasteiger partial charge is 0.337 e. The summed E-state index contributed by atoms with van der Waals surface area (Å²) in [6, 6.07) is 14.6. The van der Waals surface area contributed by atoms with Gasteiger partial charge in [0.2, 0.25) is 6.08 Å². The number of isocyanates is 1. The highest BCUT2D eigenvalue weighted by Crippen LogP contribution is 2.24. The molecule has 4 nitrogen and oxygen atoms in total. The van der Waals surface area contributed by atoms with Crippen LogP contribution in [0.15, 0.2) is 60.1 Å². The number of methoxy groups -OCH3 is 1. The van der Waals surface area contributed by atoms with E-state index in [2.05, 4.69) is 16.3 Å². The molecule has 2 aromatic carbocycles. The first-order chi connectivity index (χ1) is 10.2. The van der Waals surface area contributed by atoms with Gasteiger partial charge in [-0.1, -0.05) is 43.0 Å². The van der Waals surface area contributed by atoms with Crippen LogP contribution in [0.1, 0.15) is 5.56 Å². The highest BCUT2D eigenvalue weighted by molar-refractivity contribution is 6.15. The van der Waals surface area contributed by atoms with Crippen molar-refractivity contribution in [3.8, 4) is 11.1 Å². The first kappa shape index (κ1) is 14.4. The maximum atomic E-state index is 11.4. The van der Waals surface area contributed by atoms with Crippen LogP contribution in [-0.4, -0.2) is 19.2 Å². The van der Waals surface area contributed by atoms with Gasteiger partial charge in [0.05, 0.1) is 18.4 Å². The van der Waals surface area contributed by atoms with E-state index in [1.54, 1.807) is 12.1 Å². The van der Waals surface area contributed by atoms with Crippen molar-refractivity contribution in [2.24, 2.45) is 4.99 Å². The van der Waals surface area contributed by atoms with Crippen LogP contribution in [0.3, 0.4) is 0 Å². The van der Waals surface area contributed by atoms with Crippen LogP contribution in [0.4, 0.5) is 5.69 Å². The largest absolute Gasteiger partial charge is 0.465 e. The van der Waals surface area contributed by atoms with Gasteiger partial charge in [0.15, 0.2) is 0 Å². The number of rotatable bonds is 4. The van der Waals surface area contributed by atoms with E-state index in [-0.39, 0.29) is 0 Å². The molecular formula is C17H13NO3. The number of ether oxygens (including phenoxy) is 1. The van der Waals surface area contributed by atoms with Gasteiger partial charge in [0, 0.05) is 0 Å². The van der Waals surface area contributed by atoms with Crippen LogP contribution in [0.25, 0.3) is 16.7 Å². The number of benzene rings is 2. The average molecular weight is 279 g/mol. The quantitative estimate of drug-likeness (QED) is 0.372. The predicted molar refractivity (Wildman–Crippen MR) is 80.7 cm³/mol. The second kappa shape index (κ2) is 6.46. The first-order valence-corrected chi connectivity index (χ1v) is 6.21. The van der Waals surface area contributed by atoms with Crippen LogP contribution in [0.5, 0.6) is 0 Å². The molecule has 0 bridgehead atoms. The van der Waals surface area contributed by atoms with Crippen molar-refractivity contribution in [3.63, 3.8) is 0 Å². The normalized spacial score (nSPS) is 9.57. The highest BCUT2D eigenvalue weighted by atomic mass is 16.5. The molecule has 0 fully saturated rings. The Balaban J connectivity index is 2.24. The van der Waals surface area contributed by atoms with E-state index in [9.17, 15) is 9.59 Å². The molecule has 0 unspecified atom stereocenters. The summed E-state index contributed by atoms with van der Waals surface area (Å²) in [6.45, 7) is 3.71. The molecule has 0 saturated heterocycles. The Kier molecular flexibility index (Phi) is 4.44. The monoisotopic (exact) mass is 279 g/mol. The fourth-order valence-corrected chi connectivity index (χ4v) is 1.89. The van der Waals surface area contributed by atoms with Gasteiger partial charge in [-0.05, 0) is 28.8 Å². The molecule has 2 aromatic rings. The fraction of sp³-hybridized carbons (Fsp3) is 0.0588. The third kappa shape index (κ3) is 3.32. The van der Waals surface area contributed by atoms with Gasteiger partial charge in [-0.2, -0.15) is 4.99 Å². The zero-order valence-corrected chi connectivity index (χ0v) is 11.5. The molecule has 0 N–H and O–H groups in total. The van der Waals surface area contributed by atoms with Crippen molar-refractivity contribution >= 4 is 23.3 Å². The van der Waals surface area contributed by atoms with E-state index < -0.39 is 5.97 Å². The van der Waals surface area contributed by atoms with E-state index in [0.717, 1.165) is 11.1 Å². The molecule has 0 saturated carbocycles. The Morgan fingerprint density at radius 1 is 1.05 bits per heavy atom. The van der Waals surface area contributed by atoms with Crippen molar-refractivity contribution < 1.29 is 14.3 Å². The lowest BCUT2D eigenvalue weighted by molar-refractivity contribution is -0.133. The van der Waals surface area contributed by atoms with Crippen molar-refractivity contribution in [1.82, 2.24) is 0 Å². The number of esters is 1. The third-order valence-corrected chi connectivity index (χ3v) is 3.04. The van der Waals surface area contributed by atoms with Gasteiger partial charge < -0.3 is 4.74 Å². The summed E-state index contributed by atoms with van der Waals surface area (Å²) in [5.74, 6) is -0.446. The number of carbonyl (C=O) groups excluding carboxylic acids is 2. The molecular weight excluding hydrogens is 266 g/mol. The minimum Gasteiger partial charge on any atom is -0.465 e. The topological polar surface area (TPSA) is 55.7 Å². The highest BCUT2D eigenvalue weighted by Gasteiger charge is 2.09. The summed E-state index contributed by atoms with van der Waals surface area (Å²) in [7, 11) is 1.32. The minimum atomic E-state index is -0.446. The molecule has 0 aliphatic rings. The van der Waals surface area contributed by atoms with Crippen molar-refractivity contribution in [2.45, 2.75) is 0 Å². The van der Waals surface area contributed by atoms with Gasteiger partial charge in [-0.15, -0.1) is 0 Å². The Morgan fingerprint density at radius 3 is 2.05 bits per heavy atom. The summed E-state index contributed by atoms with van der Waals surface area (Å²) in [5, 5.41) is 0. The molecule has 0 aliphatic heterocycles. The Labute approximate surface area is 122 Å². The van der Waals surface area contributed by atoms with E-state index in [4.69, 9.17) is 0 Å². The predicted octanol–water partition coefficient (Wildman–Crippen LogP) is 3.51. The lowest BCUT2D eigenvalue weighted by atomic mass is 10.0. The summed E-state index contributed by atoms with van der Waals surface area (Å²) >= 11 is 0. The second-order valence-corrected chi connectivity index (χ2v) is 4.30. The van der Waals surface area contributed by atoms with Gasteiger partial charge in [-0.25, -0.2) is 9.59 Å². The van der Waals surface area contributed by atoms with Crippen molar-refractivity contribution in [1.29, 1.82) is 0 Å². The Bertz CT molecular complexity index is 709. The van der Waals surface area contributed by atoms with E-state index in [0.29, 0.717) is 16.8 Å². The SMILES string of the molecule is C=C(C(=O)OC)c1ccc(-c2ccc(N=C=O)cc2)cc1. The van der Waals surface area contributed by atoms with Gasteiger partial charge >= 0.3 is 5.97 Å². The molecule has 0 amide bonds. The molecule has 21 heavy (non-hydrogen) atoms. The van der Waals surface area contributed by atoms with E-state index >= 15 is 0 Å². The molecule has 0 radical (unpaired) electrons. The zero-order valence-electron chi connectivity index (χ0n) is 11.5. The zero-order chi connectivity index (χ0) is 15.2. The fourth-order valence-electron chi connectivity index (χ4n) is 1.89. The Hall–Kier alpha value is -2.97. The number of hydrogen-bond donors (Lipinski definition) is 0. The summed E-state index contributed by atoms with van der Waals surface area (Å²) in [6.07, 6.45) is 1.50. The van der Waals surface area contributed by atoms with Gasteiger partial charge in [0.25, 0.3) is 0 Å². The average Bonchev–Trinajstić information content (AvgIpc) is 2.54. The van der Waals surface area contributed by atoms with Crippen LogP contribution in [-0.2, 0) is 14.3 Å². The minimum absolute atomic E-state index is 0.319. The second-order valence-electron chi connectivity index (χ2n) is 4.30. The standard InChI is InChI=1S/C17H13NO3/c1-12(17(20)21-2)13-3-5-14(6-4-13)15-7-9-16(10-8-15)18-11-19/h3-10H,1H2,2H3. The molecule has 2 rings (SSSR count). The summed E-state index contributed by atoms with van der Waals surface area (Å²) < 4.78 is 4.64. The molecule has 104 valence electrons. The number of hydrogen-bond acceptors (Lipinski definition) is 4. The summed E-state index contributed by atoms with van der Waals surface area (Å²) in [4.78, 5) is 25.1.